The van der Waals surface area contributed by atoms with Crippen molar-refractivity contribution in [3.05, 3.63) is 210 Å². The lowest BCUT2D eigenvalue weighted by Crippen LogP contribution is -2.81. The largest absolute Gasteiger partial charge is 0.310 e. The number of rotatable bonds is 6. The highest BCUT2D eigenvalue weighted by molar-refractivity contribution is 5.88. The van der Waals surface area contributed by atoms with Crippen LogP contribution in [0.5, 0.6) is 0 Å². The number of hydrogen-bond acceptors (Lipinski definition) is 1. The summed E-state index contributed by atoms with van der Waals surface area (Å²) in [6, 6.07) is 72.2. The molecule has 0 radical (unpaired) electrons. The van der Waals surface area contributed by atoms with Gasteiger partial charge in [0, 0.05) is 27.9 Å². The molecule has 10 aliphatic carbocycles. The third-order valence-corrected chi connectivity index (χ3v) is 18.6. The van der Waals surface area contributed by atoms with Crippen LogP contribution in [-0.2, 0) is 10.8 Å². The average Bonchev–Trinajstić information content (AvgIpc) is 3.82. The van der Waals surface area contributed by atoms with Gasteiger partial charge in [0.25, 0.3) is 0 Å². The van der Waals surface area contributed by atoms with Crippen molar-refractivity contribution in [2.24, 2.45) is 29.1 Å². The highest BCUT2D eigenvalue weighted by Crippen LogP contribution is 2.89. The Labute approximate surface area is 383 Å². The van der Waals surface area contributed by atoms with Crippen LogP contribution in [0, 0.1) is 29.1 Å². The summed E-state index contributed by atoms with van der Waals surface area (Å²) in [7, 11) is 0. The summed E-state index contributed by atoms with van der Waals surface area (Å²) in [5, 5.41) is 0. The van der Waals surface area contributed by atoms with E-state index in [1.807, 2.05) is 0 Å². The van der Waals surface area contributed by atoms with Gasteiger partial charge in [-0.3, -0.25) is 0 Å². The van der Waals surface area contributed by atoms with Crippen molar-refractivity contribution in [3.8, 4) is 55.6 Å². The minimum absolute atomic E-state index is 0.148. The van der Waals surface area contributed by atoms with E-state index in [1.165, 1.54) is 113 Å². The van der Waals surface area contributed by atoms with Gasteiger partial charge in [-0.2, -0.15) is 0 Å². The van der Waals surface area contributed by atoms with Crippen LogP contribution in [0.2, 0.25) is 0 Å². The molecule has 6 atom stereocenters. The van der Waals surface area contributed by atoms with Crippen LogP contribution >= 0.6 is 0 Å². The highest BCUT2D eigenvalue weighted by Gasteiger charge is 2.84. The molecule has 18 rings (SSSR count). The van der Waals surface area contributed by atoms with Crippen molar-refractivity contribution >= 4 is 17.1 Å². The number of fused-ring (bicyclic) bond motifs is 8. The molecule has 0 N–H and O–H groups in total. The molecule has 8 aromatic rings. The minimum atomic E-state index is 0.148. The molecule has 314 valence electrons. The van der Waals surface area contributed by atoms with Crippen molar-refractivity contribution in [2.45, 2.75) is 68.6 Å². The Morgan fingerprint density at radius 1 is 0.385 bits per heavy atom. The Bertz CT molecular complexity index is 3220. The molecule has 65 heavy (non-hydrogen) atoms. The molecule has 8 aromatic carbocycles. The number of anilines is 3. The molecule has 0 saturated heterocycles. The summed E-state index contributed by atoms with van der Waals surface area (Å²) in [5.74, 6) is 3.72. The van der Waals surface area contributed by atoms with E-state index in [9.17, 15) is 0 Å². The average molecular weight is 836 g/mol. The number of benzene rings is 8. The van der Waals surface area contributed by atoms with Gasteiger partial charge < -0.3 is 4.90 Å². The van der Waals surface area contributed by atoms with Crippen LogP contribution < -0.4 is 4.90 Å². The van der Waals surface area contributed by atoms with Crippen LogP contribution in [0.25, 0.3) is 55.6 Å². The fraction of sp³-hybridized carbons (Fsp3) is 0.250. The van der Waals surface area contributed by atoms with Gasteiger partial charge in [0.05, 0.1) is 0 Å². The van der Waals surface area contributed by atoms with Crippen molar-refractivity contribution < 1.29 is 0 Å². The summed E-state index contributed by atoms with van der Waals surface area (Å²) in [6.45, 7) is 0. The zero-order valence-electron chi connectivity index (χ0n) is 37.0. The molecule has 3 spiro atoms. The number of hydrogen-bond donors (Lipinski definition) is 0. The minimum Gasteiger partial charge on any atom is -0.310 e. The van der Waals surface area contributed by atoms with E-state index in [4.69, 9.17) is 0 Å². The van der Waals surface area contributed by atoms with E-state index in [0.717, 1.165) is 40.7 Å². The normalized spacial score (nSPS) is 26.2. The van der Waals surface area contributed by atoms with Crippen molar-refractivity contribution in [1.29, 1.82) is 0 Å². The molecule has 5 bridgehead atoms. The second kappa shape index (κ2) is 13.3. The lowest BCUT2D eigenvalue weighted by atomic mass is 9.18. The summed E-state index contributed by atoms with van der Waals surface area (Å²) in [5.41, 5.74) is 24.3. The van der Waals surface area contributed by atoms with Gasteiger partial charge in [-0.25, -0.2) is 0 Å². The van der Waals surface area contributed by atoms with E-state index in [0.29, 0.717) is 5.41 Å². The third-order valence-electron chi connectivity index (χ3n) is 18.6. The van der Waals surface area contributed by atoms with Crippen LogP contribution in [0.3, 0.4) is 0 Å². The third kappa shape index (κ3) is 4.79. The van der Waals surface area contributed by atoms with E-state index in [-0.39, 0.29) is 10.8 Å². The number of nitrogens with zero attached hydrogens (tertiary/aromatic N) is 1. The Hall–Kier alpha value is -6.44. The van der Waals surface area contributed by atoms with Crippen LogP contribution in [-0.4, -0.2) is 0 Å². The van der Waals surface area contributed by atoms with Gasteiger partial charge in [0.2, 0.25) is 0 Å². The maximum absolute atomic E-state index is 2.64. The topological polar surface area (TPSA) is 3.24 Å². The first-order chi connectivity index (χ1) is 32.1. The molecule has 3 unspecified atom stereocenters. The van der Waals surface area contributed by atoms with Crippen LogP contribution in [0.15, 0.2) is 188 Å². The molecule has 0 aromatic heterocycles. The van der Waals surface area contributed by atoms with Gasteiger partial charge in [-0.05, 0) is 194 Å². The van der Waals surface area contributed by atoms with Gasteiger partial charge in [0.1, 0.15) is 0 Å². The Balaban J connectivity index is 0.802. The van der Waals surface area contributed by atoms with Crippen molar-refractivity contribution in [1.82, 2.24) is 0 Å². The molecule has 8 fully saturated rings. The fourth-order valence-corrected chi connectivity index (χ4v) is 16.5. The molecule has 0 heterocycles. The summed E-state index contributed by atoms with van der Waals surface area (Å²) in [4.78, 5) is 2.45. The highest BCUT2D eigenvalue weighted by atomic mass is 15.1. The predicted molar refractivity (Wildman–Crippen MR) is 268 cm³/mol. The summed E-state index contributed by atoms with van der Waals surface area (Å²) >= 11 is 0. The second-order valence-corrected chi connectivity index (χ2v) is 21.2. The van der Waals surface area contributed by atoms with E-state index < -0.39 is 0 Å². The molecule has 8 saturated carbocycles. The van der Waals surface area contributed by atoms with E-state index in [1.54, 1.807) is 22.3 Å². The Kier molecular flexibility index (Phi) is 7.55. The summed E-state index contributed by atoms with van der Waals surface area (Å²) in [6.07, 6.45) is 12.3. The maximum Gasteiger partial charge on any atom is 0.0467 e. The lowest BCUT2D eigenvalue weighted by Gasteiger charge is -2.85. The molecular weight excluding hydrogens is 783 g/mol. The van der Waals surface area contributed by atoms with Gasteiger partial charge in [0.15, 0.2) is 0 Å². The molecule has 1 nitrogen and oxygen atoms in total. The lowest BCUT2D eigenvalue weighted by molar-refractivity contribution is -0.327. The Morgan fingerprint density at radius 3 is 1.62 bits per heavy atom. The standard InChI is InChI=1S/C64H53N/c1-3-12-42(13-4-1)45-14-11-15-51(36-45)65(49-26-20-43(21-27-49)46-24-30-54-52-16-5-7-18-56(52)62(58(54)37-46)32-9-2-10-33-62)50-28-22-44(23-29-50)47-25-31-55-53-17-6-8-19-57(53)64(59(55)38-47)60-35-41-34-48-40-63(64,39-41)61(48)60/h1,3-8,11-31,36-38,41,48,60-61H,2,9-10,32-35,39-40H2/t41-,48?,60+,61?,63?,64+/m1/s1. The molecule has 1 heteroatoms. The smallest absolute Gasteiger partial charge is 0.0467 e. The quantitative estimate of drug-likeness (QED) is 0.161. The zero-order chi connectivity index (χ0) is 42.5. The first-order valence-electron chi connectivity index (χ1n) is 24.8. The van der Waals surface area contributed by atoms with E-state index in [2.05, 4.69) is 193 Å². The van der Waals surface area contributed by atoms with Crippen LogP contribution in [0.1, 0.15) is 80.0 Å². The predicted octanol–water partition coefficient (Wildman–Crippen LogP) is 16.7. The van der Waals surface area contributed by atoms with Crippen molar-refractivity contribution in [3.63, 3.8) is 0 Å². The first-order valence-corrected chi connectivity index (χ1v) is 24.8. The van der Waals surface area contributed by atoms with Gasteiger partial charge in [-0.1, -0.05) is 159 Å². The molecule has 10 aliphatic rings. The first kappa shape index (κ1) is 36.9. The van der Waals surface area contributed by atoms with Gasteiger partial charge >= 0.3 is 0 Å². The maximum atomic E-state index is 2.64. The molecule has 0 amide bonds. The van der Waals surface area contributed by atoms with Gasteiger partial charge in [-0.15, -0.1) is 0 Å². The fourth-order valence-electron chi connectivity index (χ4n) is 16.5. The molecule has 0 aliphatic heterocycles. The monoisotopic (exact) mass is 835 g/mol. The zero-order valence-corrected chi connectivity index (χ0v) is 37.0. The summed E-state index contributed by atoms with van der Waals surface area (Å²) < 4.78 is 0. The van der Waals surface area contributed by atoms with Crippen LogP contribution in [0.4, 0.5) is 17.1 Å². The van der Waals surface area contributed by atoms with E-state index >= 15 is 0 Å². The second-order valence-electron chi connectivity index (χ2n) is 21.2. The molecular formula is C64H53N. The Morgan fingerprint density at radius 2 is 0.938 bits per heavy atom. The van der Waals surface area contributed by atoms with Crippen molar-refractivity contribution in [2.75, 3.05) is 4.90 Å². The SMILES string of the molecule is c1ccc(-c2cccc(N(c3ccc(-c4ccc5c(c4)C4(CCCCC4)c4ccccc4-5)cc3)c3ccc(-c4ccc5c(c4)[C@@]4(c6ccccc6-5)[C@H]5C[C@H]6CC7CC4(C6)C75)cc3)c2)cc1.